The van der Waals surface area contributed by atoms with Crippen LogP contribution in [0, 0.1) is 0 Å². The summed E-state index contributed by atoms with van der Waals surface area (Å²) < 4.78 is 0. The van der Waals surface area contributed by atoms with E-state index in [2.05, 4.69) is 31.1 Å². The average Bonchev–Trinajstić information content (AvgIpc) is 2.26. The standard InChI is InChI=1S/C13H30N2O/c1-13(2)15(3)11-8-10-14-9-6-4-5-7-12-16/h13-14,16H,4-12H2,1-3H3. The molecule has 16 heavy (non-hydrogen) atoms. The third kappa shape index (κ3) is 10.4. The van der Waals surface area contributed by atoms with E-state index in [1.807, 2.05) is 0 Å². The molecule has 0 amide bonds. The molecule has 0 aliphatic rings. The summed E-state index contributed by atoms with van der Waals surface area (Å²) in [5.74, 6) is 0. The number of aliphatic hydroxyl groups excluding tert-OH is 1. The zero-order valence-corrected chi connectivity index (χ0v) is 11.3. The van der Waals surface area contributed by atoms with Crippen LogP contribution in [0.3, 0.4) is 0 Å². The Bertz CT molecular complexity index is 140. The number of nitrogens with one attached hydrogen (secondary N) is 1. The number of unbranched alkanes of at least 4 members (excludes halogenated alkanes) is 3. The summed E-state index contributed by atoms with van der Waals surface area (Å²) in [6.45, 7) is 8.22. The molecule has 2 N–H and O–H groups in total. The van der Waals surface area contributed by atoms with Crippen molar-refractivity contribution in [2.45, 2.75) is 52.0 Å². The van der Waals surface area contributed by atoms with E-state index >= 15 is 0 Å². The zero-order chi connectivity index (χ0) is 12.2. The summed E-state index contributed by atoms with van der Waals surface area (Å²) in [5, 5.41) is 12.1. The minimum Gasteiger partial charge on any atom is -0.396 e. The molecule has 0 radical (unpaired) electrons. The van der Waals surface area contributed by atoms with Gasteiger partial charge in [0.05, 0.1) is 0 Å². The summed E-state index contributed by atoms with van der Waals surface area (Å²) in [4.78, 5) is 2.38. The van der Waals surface area contributed by atoms with Crippen LogP contribution in [0.2, 0.25) is 0 Å². The first kappa shape index (κ1) is 15.9. The summed E-state index contributed by atoms with van der Waals surface area (Å²) >= 11 is 0. The number of aliphatic hydroxyl groups is 1. The fraction of sp³-hybridized carbons (Fsp3) is 1.00. The zero-order valence-electron chi connectivity index (χ0n) is 11.3. The van der Waals surface area contributed by atoms with Gasteiger partial charge in [-0.05, 0) is 59.8 Å². The Kier molecular flexibility index (Phi) is 11.3. The number of nitrogens with zero attached hydrogens (tertiary/aromatic N) is 1. The van der Waals surface area contributed by atoms with Crippen LogP contribution in [-0.4, -0.2) is 49.3 Å². The van der Waals surface area contributed by atoms with Gasteiger partial charge in [0.2, 0.25) is 0 Å². The number of rotatable bonds is 11. The van der Waals surface area contributed by atoms with Crippen LogP contribution in [0.15, 0.2) is 0 Å². The summed E-state index contributed by atoms with van der Waals surface area (Å²) in [7, 11) is 2.18. The lowest BCUT2D eigenvalue weighted by molar-refractivity contribution is 0.269. The van der Waals surface area contributed by atoms with E-state index in [1.165, 1.54) is 25.8 Å². The lowest BCUT2D eigenvalue weighted by Gasteiger charge is -2.20. The van der Waals surface area contributed by atoms with Gasteiger partial charge in [-0.15, -0.1) is 0 Å². The second kappa shape index (κ2) is 11.4. The molecule has 3 nitrogen and oxygen atoms in total. The normalized spacial score (nSPS) is 11.6. The Morgan fingerprint density at radius 1 is 1.00 bits per heavy atom. The first-order valence-electron chi connectivity index (χ1n) is 6.70. The third-order valence-corrected chi connectivity index (χ3v) is 3.01. The van der Waals surface area contributed by atoms with Crippen LogP contribution in [-0.2, 0) is 0 Å². The van der Waals surface area contributed by atoms with Gasteiger partial charge in [0.15, 0.2) is 0 Å². The Hall–Kier alpha value is -0.120. The van der Waals surface area contributed by atoms with E-state index in [9.17, 15) is 0 Å². The predicted octanol–water partition coefficient (Wildman–Crippen LogP) is 1.86. The Labute approximate surface area is 101 Å². The van der Waals surface area contributed by atoms with Crippen molar-refractivity contribution in [1.29, 1.82) is 0 Å². The highest BCUT2D eigenvalue weighted by atomic mass is 16.2. The lowest BCUT2D eigenvalue weighted by atomic mass is 10.2. The van der Waals surface area contributed by atoms with Crippen molar-refractivity contribution < 1.29 is 5.11 Å². The van der Waals surface area contributed by atoms with Crippen LogP contribution in [0.4, 0.5) is 0 Å². The van der Waals surface area contributed by atoms with Crippen LogP contribution in [0.5, 0.6) is 0 Å². The average molecular weight is 230 g/mol. The topological polar surface area (TPSA) is 35.5 Å². The summed E-state index contributed by atoms with van der Waals surface area (Å²) in [6, 6.07) is 0.651. The van der Waals surface area contributed by atoms with E-state index in [4.69, 9.17) is 5.11 Å². The molecule has 0 aliphatic heterocycles. The Morgan fingerprint density at radius 3 is 2.25 bits per heavy atom. The monoisotopic (exact) mass is 230 g/mol. The molecule has 0 bridgehead atoms. The van der Waals surface area contributed by atoms with E-state index in [0.717, 1.165) is 25.9 Å². The molecule has 0 rings (SSSR count). The van der Waals surface area contributed by atoms with Crippen molar-refractivity contribution in [2.75, 3.05) is 33.3 Å². The highest BCUT2D eigenvalue weighted by molar-refractivity contribution is 4.58. The van der Waals surface area contributed by atoms with Crippen LogP contribution in [0.1, 0.15) is 46.0 Å². The van der Waals surface area contributed by atoms with Crippen molar-refractivity contribution >= 4 is 0 Å². The third-order valence-electron chi connectivity index (χ3n) is 3.01. The van der Waals surface area contributed by atoms with Crippen molar-refractivity contribution in [1.82, 2.24) is 10.2 Å². The maximum atomic E-state index is 8.62. The quantitative estimate of drug-likeness (QED) is 0.532. The molecule has 0 saturated carbocycles. The maximum Gasteiger partial charge on any atom is 0.0431 e. The van der Waals surface area contributed by atoms with Gasteiger partial charge in [-0.1, -0.05) is 12.8 Å². The van der Waals surface area contributed by atoms with E-state index in [-0.39, 0.29) is 0 Å². The fourth-order valence-corrected chi connectivity index (χ4v) is 1.55. The molecular formula is C13H30N2O. The molecule has 98 valence electrons. The van der Waals surface area contributed by atoms with Gasteiger partial charge in [-0.2, -0.15) is 0 Å². The summed E-state index contributed by atoms with van der Waals surface area (Å²) in [6.07, 6.45) is 5.82. The predicted molar refractivity (Wildman–Crippen MR) is 70.8 cm³/mol. The smallest absolute Gasteiger partial charge is 0.0431 e. The van der Waals surface area contributed by atoms with Gasteiger partial charge < -0.3 is 15.3 Å². The first-order valence-corrected chi connectivity index (χ1v) is 6.70. The molecule has 0 unspecified atom stereocenters. The largest absolute Gasteiger partial charge is 0.396 e. The SMILES string of the molecule is CC(C)N(C)CCCNCCCCCCO. The van der Waals surface area contributed by atoms with Crippen LogP contribution < -0.4 is 5.32 Å². The highest BCUT2D eigenvalue weighted by Crippen LogP contribution is 1.98. The van der Waals surface area contributed by atoms with Gasteiger partial charge in [-0.3, -0.25) is 0 Å². The lowest BCUT2D eigenvalue weighted by Crippen LogP contribution is -2.29. The van der Waals surface area contributed by atoms with E-state index < -0.39 is 0 Å². The molecule has 0 atom stereocenters. The molecule has 0 aliphatic carbocycles. The van der Waals surface area contributed by atoms with Crippen molar-refractivity contribution in [3.8, 4) is 0 Å². The van der Waals surface area contributed by atoms with Gasteiger partial charge in [0.25, 0.3) is 0 Å². The molecular weight excluding hydrogens is 200 g/mol. The van der Waals surface area contributed by atoms with Crippen LogP contribution in [0.25, 0.3) is 0 Å². The van der Waals surface area contributed by atoms with Crippen LogP contribution >= 0.6 is 0 Å². The van der Waals surface area contributed by atoms with Gasteiger partial charge in [-0.25, -0.2) is 0 Å². The van der Waals surface area contributed by atoms with Gasteiger partial charge in [0.1, 0.15) is 0 Å². The summed E-state index contributed by atoms with van der Waals surface area (Å²) in [5.41, 5.74) is 0. The highest BCUT2D eigenvalue weighted by Gasteiger charge is 2.01. The minimum atomic E-state index is 0.342. The molecule has 0 heterocycles. The molecule has 0 aromatic carbocycles. The molecule has 0 spiro atoms. The molecule has 0 fully saturated rings. The Balaban J connectivity index is 3.04. The van der Waals surface area contributed by atoms with Crippen molar-refractivity contribution in [2.24, 2.45) is 0 Å². The van der Waals surface area contributed by atoms with E-state index in [1.54, 1.807) is 0 Å². The number of hydrogen-bond acceptors (Lipinski definition) is 3. The van der Waals surface area contributed by atoms with Gasteiger partial charge in [0, 0.05) is 12.6 Å². The molecule has 3 heteroatoms. The minimum absolute atomic E-state index is 0.342. The molecule has 0 aromatic rings. The van der Waals surface area contributed by atoms with E-state index in [0.29, 0.717) is 12.6 Å². The second-order valence-corrected chi connectivity index (χ2v) is 4.82. The Morgan fingerprint density at radius 2 is 1.62 bits per heavy atom. The van der Waals surface area contributed by atoms with Gasteiger partial charge >= 0.3 is 0 Å². The molecule has 0 aromatic heterocycles. The molecule has 0 saturated heterocycles. The second-order valence-electron chi connectivity index (χ2n) is 4.82. The number of hydrogen-bond donors (Lipinski definition) is 2. The van der Waals surface area contributed by atoms with Crippen molar-refractivity contribution in [3.63, 3.8) is 0 Å². The van der Waals surface area contributed by atoms with Crippen molar-refractivity contribution in [3.05, 3.63) is 0 Å². The first-order chi connectivity index (χ1) is 7.68. The maximum absolute atomic E-state index is 8.62. The fourth-order valence-electron chi connectivity index (χ4n) is 1.55.